The second-order valence-electron chi connectivity index (χ2n) is 6.84. The summed E-state index contributed by atoms with van der Waals surface area (Å²) in [5, 5.41) is 3.39. The van der Waals surface area contributed by atoms with Crippen molar-refractivity contribution in [2.24, 2.45) is 5.92 Å². The van der Waals surface area contributed by atoms with Crippen molar-refractivity contribution < 1.29 is 4.42 Å². The monoisotopic (exact) mass is 292 g/mol. The molecule has 0 aromatic carbocycles. The quantitative estimate of drug-likeness (QED) is 0.782. The Morgan fingerprint density at radius 2 is 2.05 bits per heavy atom. The van der Waals surface area contributed by atoms with Gasteiger partial charge in [-0.1, -0.05) is 33.6 Å². The normalized spacial score (nSPS) is 16.5. The second-order valence-corrected chi connectivity index (χ2v) is 6.84. The van der Waals surface area contributed by atoms with Crippen LogP contribution >= 0.6 is 0 Å². The van der Waals surface area contributed by atoms with Gasteiger partial charge in [0.15, 0.2) is 0 Å². The van der Waals surface area contributed by atoms with Crippen LogP contribution in [-0.4, -0.2) is 24.0 Å². The van der Waals surface area contributed by atoms with Gasteiger partial charge in [-0.2, -0.15) is 0 Å². The lowest BCUT2D eigenvalue weighted by Crippen LogP contribution is -2.35. The summed E-state index contributed by atoms with van der Waals surface area (Å²) in [6, 6.07) is 3.01. The van der Waals surface area contributed by atoms with Gasteiger partial charge in [-0.25, -0.2) is 0 Å². The molecule has 0 spiro atoms. The highest BCUT2D eigenvalue weighted by Crippen LogP contribution is 2.26. The van der Waals surface area contributed by atoms with Gasteiger partial charge in [-0.3, -0.25) is 4.90 Å². The Morgan fingerprint density at radius 1 is 1.33 bits per heavy atom. The Kier molecular flexibility index (Phi) is 6.31. The first-order valence-corrected chi connectivity index (χ1v) is 8.63. The summed E-state index contributed by atoms with van der Waals surface area (Å²) in [6.45, 7) is 12.9. The van der Waals surface area contributed by atoms with E-state index < -0.39 is 0 Å². The molecule has 3 nitrogen and oxygen atoms in total. The van der Waals surface area contributed by atoms with E-state index in [1.54, 1.807) is 0 Å². The number of rotatable bonds is 8. The molecule has 1 aliphatic carbocycles. The zero-order chi connectivity index (χ0) is 15.2. The zero-order valence-corrected chi connectivity index (χ0v) is 14.2. The first-order valence-electron chi connectivity index (χ1n) is 8.63. The summed E-state index contributed by atoms with van der Waals surface area (Å²) in [5.41, 5.74) is 1.31. The summed E-state index contributed by atoms with van der Waals surface area (Å²) in [7, 11) is 0. The Hall–Kier alpha value is -0.800. The second kappa shape index (κ2) is 8.00. The maximum atomic E-state index is 6.00. The van der Waals surface area contributed by atoms with E-state index in [0.717, 1.165) is 37.2 Å². The van der Waals surface area contributed by atoms with Crippen LogP contribution in [0.15, 0.2) is 10.5 Å². The van der Waals surface area contributed by atoms with Gasteiger partial charge in [0.1, 0.15) is 11.5 Å². The lowest BCUT2D eigenvalue weighted by molar-refractivity contribution is 0.156. The van der Waals surface area contributed by atoms with Crippen LogP contribution in [0.3, 0.4) is 0 Å². The fourth-order valence-electron chi connectivity index (χ4n) is 3.38. The van der Waals surface area contributed by atoms with Crippen LogP contribution in [0.25, 0.3) is 0 Å². The van der Waals surface area contributed by atoms with Crippen molar-refractivity contribution in [1.82, 2.24) is 10.2 Å². The van der Waals surface area contributed by atoms with E-state index >= 15 is 0 Å². The third-order valence-corrected chi connectivity index (χ3v) is 4.44. The highest BCUT2D eigenvalue weighted by Gasteiger charge is 2.24. The average Bonchev–Trinajstić information content (AvgIpc) is 3.05. The van der Waals surface area contributed by atoms with Crippen molar-refractivity contribution in [2.75, 3.05) is 13.1 Å². The lowest BCUT2D eigenvalue weighted by Gasteiger charge is -2.29. The molecule has 0 aliphatic heterocycles. The van der Waals surface area contributed by atoms with Gasteiger partial charge >= 0.3 is 0 Å². The maximum Gasteiger partial charge on any atom is 0.118 e. The van der Waals surface area contributed by atoms with Crippen LogP contribution in [0.4, 0.5) is 0 Å². The van der Waals surface area contributed by atoms with Crippen molar-refractivity contribution in [2.45, 2.75) is 72.5 Å². The molecule has 0 radical (unpaired) electrons. The summed E-state index contributed by atoms with van der Waals surface area (Å²) < 4.78 is 6.00. The number of hydrogen-bond donors (Lipinski definition) is 1. The summed E-state index contributed by atoms with van der Waals surface area (Å²) in [4.78, 5) is 2.65. The number of hydrogen-bond acceptors (Lipinski definition) is 3. The number of aryl methyl sites for hydroxylation is 1. The Morgan fingerprint density at radius 3 is 2.67 bits per heavy atom. The van der Waals surface area contributed by atoms with Crippen LogP contribution in [0.1, 0.15) is 63.5 Å². The molecule has 1 fully saturated rings. The molecular formula is C18H32N2O. The number of nitrogens with one attached hydrogen (secondary N) is 1. The molecule has 0 amide bonds. The molecule has 1 aromatic rings. The van der Waals surface area contributed by atoms with Crippen LogP contribution in [0.5, 0.6) is 0 Å². The molecule has 0 unspecified atom stereocenters. The molecule has 1 saturated carbocycles. The minimum absolute atomic E-state index is 0.711. The predicted octanol–water partition coefficient (Wildman–Crippen LogP) is 4.10. The highest BCUT2D eigenvalue weighted by atomic mass is 16.3. The van der Waals surface area contributed by atoms with Gasteiger partial charge in [0.05, 0.1) is 6.54 Å². The van der Waals surface area contributed by atoms with E-state index in [1.165, 1.54) is 37.8 Å². The van der Waals surface area contributed by atoms with Crippen molar-refractivity contribution in [3.63, 3.8) is 0 Å². The third-order valence-electron chi connectivity index (χ3n) is 4.44. The van der Waals surface area contributed by atoms with Crippen molar-refractivity contribution in [1.29, 1.82) is 0 Å². The molecule has 0 atom stereocenters. The zero-order valence-electron chi connectivity index (χ0n) is 14.2. The smallest absolute Gasteiger partial charge is 0.118 e. The van der Waals surface area contributed by atoms with Crippen molar-refractivity contribution in [3.8, 4) is 0 Å². The average molecular weight is 292 g/mol. The topological polar surface area (TPSA) is 28.4 Å². The third kappa shape index (κ3) is 4.86. The van der Waals surface area contributed by atoms with E-state index in [2.05, 4.69) is 44.0 Å². The lowest BCUT2D eigenvalue weighted by atomic mass is 10.1. The first kappa shape index (κ1) is 16.6. The van der Waals surface area contributed by atoms with Gasteiger partial charge in [0, 0.05) is 24.7 Å². The molecule has 0 bridgehead atoms. The van der Waals surface area contributed by atoms with Crippen LogP contribution < -0.4 is 5.32 Å². The van der Waals surface area contributed by atoms with E-state index in [4.69, 9.17) is 4.42 Å². The maximum absolute atomic E-state index is 6.00. The molecule has 2 rings (SSSR count). The molecule has 120 valence electrons. The van der Waals surface area contributed by atoms with Crippen molar-refractivity contribution in [3.05, 3.63) is 23.2 Å². The minimum Gasteiger partial charge on any atom is -0.465 e. The van der Waals surface area contributed by atoms with Gasteiger partial charge in [0.2, 0.25) is 0 Å². The fourth-order valence-corrected chi connectivity index (χ4v) is 3.38. The fraction of sp³-hybridized carbons (Fsp3) is 0.778. The highest BCUT2D eigenvalue weighted by molar-refractivity contribution is 5.20. The van der Waals surface area contributed by atoms with Crippen LogP contribution in [-0.2, 0) is 13.1 Å². The molecule has 1 aliphatic rings. The molecule has 1 N–H and O–H groups in total. The van der Waals surface area contributed by atoms with Crippen LogP contribution in [0, 0.1) is 12.8 Å². The van der Waals surface area contributed by atoms with Gasteiger partial charge in [0.25, 0.3) is 0 Å². The van der Waals surface area contributed by atoms with Gasteiger partial charge in [-0.15, -0.1) is 0 Å². The Bertz CT molecular complexity index is 419. The van der Waals surface area contributed by atoms with Crippen molar-refractivity contribution >= 4 is 0 Å². The summed E-state index contributed by atoms with van der Waals surface area (Å²) in [6.07, 6.45) is 5.50. The number of furan rings is 1. The van der Waals surface area contributed by atoms with E-state index in [1.807, 2.05) is 0 Å². The SMILES string of the molecule is CCNCc1cc(CN(CC(C)C)C2CCCC2)oc1C. The molecule has 0 saturated heterocycles. The summed E-state index contributed by atoms with van der Waals surface area (Å²) >= 11 is 0. The minimum atomic E-state index is 0.711. The summed E-state index contributed by atoms with van der Waals surface area (Å²) in [5.74, 6) is 2.91. The molecule has 1 aromatic heterocycles. The van der Waals surface area contributed by atoms with Gasteiger partial charge < -0.3 is 9.73 Å². The van der Waals surface area contributed by atoms with Gasteiger partial charge in [-0.05, 0) is 38.3 Å². The van der Waals surface area contributed by atoms with Crippen LogP contribution in [0.2, 0.25) is 0 Å². The van der Waals surface area contributed by atoms with E-state index in [-0.39, 0.29) is 0 Å². The molecule has 1 heterocycles. The largest absolute Gasteiger partial charge is 0.465 e. The van der Waals surface area contributed by atoms with E-state index in [9.17, 15) is 0 Å². The molecule has 21 heavy (non-hydrogen) atoms. The number of nitrogens with zero attached hydrogens (tertiary/aromatic N) is 1. The predicted molar refractivity (Wildman–Crippen MR) is 88.3 cm³/mol. The first-order chi connectivity index (χ1) is 10.1. The Balaban J connectivity index is 2.01. The molecule has 3 heteroatoms. The van der Waals surface area contributed by atoms with E-state index in [0.29, 0.717) is 5.92 Å². The molecular weight excluding hydrogens is 260 g/mol. The Labute approximate surface area is 130 Å². The standard InChI is InChI=1S/C18H32N2O/c1-5-19-11-16-10-18(21-15(16)4)13-20(12-14(2)3)17-8-6-7-9-17/h10,14,17,19H,5-9,11-13H2,1-4H3.